The number of anilines is 1. The maximum Gasteiger partial charge on any atom is 0.333 e. The van der Waals surface area contributed by atoms with Gasteiger partial charge in [-0.2, -0.15) is 46.7 Å². The zero-order chi connectivity index (χ0) is 68.1. The van der Waals surface area contributed by atoms with Gasteiger partial charge >= 0.3 is 5.97 Å². The summed E-state index contributed by atoms with van der Waals surface area (Å²) in [5, 5.41) is 0.518. The summed E-state index contributed by atoms with van der Waals surface area (Å²) < 4.78 is 208. The second kappa shape index (κ2) is 29.6. The summed E-state index contributed by atoms with van der Waals surface area (Å²) in [6.45, 7) is 7.90. The molecule has 1 saturated heterocycles. The molecule has 0 bridgehead atoms. The number of carbonyl (C=O) groups excluding carboxylic acids is 3. The van der Waals surface area contributed by atoms with E-state index in [1.54, 1.807) is 57.4 Å². The highest BCUT2D eigenvalue weighted by molar-refractivity contribution is 7.87. The Morgan fingerprint density at radius 2 is 1.16 bits per heavy atom. The van der Waals surface area contributed by atoms with Gasteiger partial charge < -0.3 is 33.4 Å². The van der Waals surface area contributed by atoms with Crippen LogP contribution in [0.2, 0.25) is 0 Å². The lowest BCUT2D eigenvalue weighted by atomic mass is 9.74. The van der Waals surface area contributed by atoms with Crippen molar-refractivity contribution in [1.82, 2.24) is 5.06 Å². The van der Waals surface area contributed by atoms with Crippen molar-refractivity contribution in [1.29, 1.82) is 0 Å². The minimum absolute atomic E-state index is 0.00111. The monoisotopic (exact) mass is 1410 g/mol. The number of allylic oxidation sites excluding steroid dienone is 8. The molecule has 0 saturated carbocycles. The first kappa shape index (κ1) is 72.9. The van der Waals surface area contributed by atoms with Crippen molar-refractivity contribution in [3.8, 4) is 0 Å². The van der Waals surface area contributed by atoms with E-state index in [1.807, 2.05) is 16.4 Å². The largest absolute Gasteiger partial charge is 0.382 e. The number of fused-ring (bicyclic) bond motifs is 6. The fraction of sp³-hybridized carbons (Fsp3) is 0.467. The maximum absolute atomic E-state index is 13.3. The quantitative estimate of drug-likeness (QED) is 0.0138. The van der Waals surface area contributed by atoms with Gasteiger partial charge in [0, 0.05) is 89.8 Å². The lowest BCUT2D eigenvalue weighted by Gasteiger charge is -2.31. The van der Waals surface area contributed by atoms with Gasteiger partial charge in [-0.15, -0.1) is 5.06 Å². The van der Waals surface area contributed by atoms with Crippen LogP contribution in [0, 0.1) is 0 Å². The Balaban J connectivity index is 1.21. The van der Waals surface area contributed by atoms with Gasteiger partial charge in [-0.1, -0.05) is 29.8 Å². The molecular weight excluding hydrogens is 1340 g/mol. The normalized spacial score (nSPS) is 20.1. The number of hydrogen-bond acceptors (Lipinski definition) is 20. The minimum Gasteiger partial charge on any atom is -0.382 e. The van der Waals surface area contributed by atoms with Crippen LogP contribution in [0.5, 0.6) is 0 Å². The van der Waals surface area contributed by atoms with Crippen molar-refractivity contribution >= 4 is 119 Å². The zero-order valence-electron chi connectivity index (χ0n) is 51.2. The number of rotatable bonds is 32. The number of benzene rings is 4. The first-order valence-electron chi connectivity index (χ1n) is 29.5. The van der Waals surface area contributed by atoms with E-state index in [2.05, 4.69) is 0 Å². The van der Waals surface area contributed by atoms with Gasteiger partial charge in [0.1, 0.15) is 16.3 Å². The Morgan fingerprint density at radius 3 is 1.69 bits per heavy atom. The maximum atomic E-state index is 13.3. The number of carbonyl (C=O) groups is 3. The highest BCUT2D eigenvalue weighted by atomic mass is 35.5. The van der Waals surface area contributed by atoms with Gasteiger partial charge in [-0.05, 0) is 136 Å². The van der Waals surface area contributed by atoms with Gasteiger partial charge in [-0.3, -0.25) is 32.4 Å². The number of halogens is 1. The molecule has 8 rings (SSSR count). The molecule has 27 nitrogen and oxygen atoms in total. The standard InChI is InChI=1S/C60H72ClN3O24S5/c1-5-62-47-16-14-43-45(35-41(90(71,72)73)37-49(43)92(77,78)79)56(47)59(2,22-8-34-89(68,69)70)51(62)18-12-39-9-6-10-40(58(39)61)13-19-52-60(3,23-25-84-28-29-86-32-33-87-31-30-85-27-26-83-4)57-46-36-42(91(74,75)76)38-50(93(80,81)82)44(46)15-17-48(57)63(52)24-7-11-55(67)88-64-53(65)20-21-54(64)66/h12-19,35-38H,5-11,20-34H2,1-4H3,(H4-,68,69,70,71,72,73,74,75,76,77,78,79,80,81,82)/p+1. The molecule has 2 amide bonds. The number of imide groups is 1. The molecule has 0 spiro atoms. The van der Waals surface area contributed by atoms with Crippen molar-refractivity contribution in [3.63, 3.8) is 0 Å². The summed E-state index contributed by atoms with van der Waals surface area (Å²) in [4.78, 5) is 41.7. The van der Waals surface area contributed by atoms with Crippen LogP contribution in [0.4, 0.5) is 11.4 Å². The highest BCUT2D eigenvalue weighted by Gasteiger charge is 2.50. The van der Waals surface area contributed by atoms with Crippen molar-refractivity contribution in [3.05, 3.63) is 106 Å². The molecule has 4 aliphatic rings. The minimum atomic E-state index is -5.17. The topological polar surface area (TPSA) is 388 Å². The number of nitrogens with zero attached hydrogens (tertiary/aromatic N) is 3. The van der Waals surface area contributed by atoms with Crippen LogP contribution in [0.1, 0.15) is 96.1 Å². The van der Waals surface area contributed by atoms with Crippen LogP contribution >= 0.6 is 11.6 Å². The highest BCUT2D eigenvalue weighted by Crippen LogP contribution is 2.54. The van der Waals surface area contributed by atoms with Gasteiger partial charge in [-0.25, -0.2) is 4.79 Å². The molecular formula is C60H73ClN3O24S5+. The molecule has 1 aliphatic carbocycles. The molecule has 33 heteroatoms. The van der Waals surface area contributed by atoms with Gasteiger partial charge in [0.15, 0.2) is 5.71 Å². The SMILES string of the molecule is CC[N+]1=C(/C=C/C2=C(Cl)C(=C/C=C3/N(CCCC(=O)ON4C(=O)CCC4=O)c4ccc5c(S(=O)(=O)O)cc(S(=O)(=O)O)cc5c4C3(C)CCOCCOCCOCCOCCOC)/CCC2)C(C)(CCCS(=O)(=O)O)c2c1ccc1c(S(=O)(=O)O)cc(S(=O)(=O)O)cc21. The lowest BCUT2D eigenvalue weighted by Crippen LogP contribution is -2.33. The summed E-state index contributed by atoms with van der Waals surface area (Å²) >= 11 is 7.41. The average molecular weight is 1420 g/mol. The van der Waals surface area contributed by atoms with E-state index in [-0.39, 0.29) is 113 Å². The summed E-state index contributed by atoms with van der Waals surface area (Å²) in [7, 11) is -23.5. The molecule has 1 fully saturated rings. The predicted octanol–water partition coefficient (Wildman–Crippen LogP) is 7.34. The molecule has 3 aliphatic heterocycles. The van der Waals surface area contributed by atoms with Gasteiger partial charge in [0.25, 0.3) is 62.4 Å². The molecule has 3 heterocycles. The number of hydrogen-bond donors (Lipinski definition) is 5. The van der Waals surface area contributed by atoms with Crippen molar-refractivity contribution in [2.24, 2.45) is 0 Å². The summed E-state index contributed by atoms with van der Waals surface area (Å²) in [5.74, 6) is -2.96. The number of amides is 2. The molecule has 0 aromatic heterocycles. The Morgan fingerprint density at radius 1 is 0.624 bits per heavy atom. The third kappa shape index (κ3) is 16.8. The van der Waals surface area contributed by atoms with Gasteiger partial charge in [0.05, 0.1) is 73.8 Å². The average Bonchev–Trinajstić information content (AvgIpc) is 1.60. The van der Waals surface area contributed by atoms with Crippen LogP contribution in [-0.2, 0) is 104 Å². The Hall–Kier alpha value is -5.92. The van der Waals surface area contributed by atoms with E-state index in [9.17, 15) is 79.2 Å². The number of ether oxygens (including phenoxy) is 5. The molecule has 508 valence electrons. The van der Waals surface area contributed by atoms with Gasteiger partial charge in [0.2, 0.25) is 5.69 Å². The van der Waals surface area contributed by atoms with Crippen LogP contribution in [0.3, 0.4) is 0 Å². The smallest absolute Gasteiger partial charge is 0.333 e. The van der Waals surface area contributed by atoms with E-state index < -0.39 is 105 Å². The van der Waals surface area contributed by atoms with Crippen LogP contribution < -0.4 is 4.90 Å². The molecule has 4 aromatic rings. The zero-order valence-corrected chi connectivity index (χ0v) is 56.1. The van der Waals surface area contributed by atoms with Crippen molar-refractivity contribution in [2.75, 3.05) is 90.3 Å². The van der Waals surface area contributed by atoms with E-state index >= 15 is 0 Å². The summed E-state index contributed by atoms with van der Waals surface area (Å²) in [6, 6.07) is 9.30. The lowest BCUT2D eigenvalue weighted by molar-refractivity contribution is -0.433. The van der Waals surface area contributed by atoms with Crippen molar-refractivity contribution < 1.29 is 112 Å². The first-order chi connectivity index (χ1) is 43.6. The third-order valence-electron chi connectivity index (χ3n) is 16.6. The summed E-state index contributed by atoms with van der Waals surface area (Å²) in [6.07, 6.45) is 7.72. The van der Waals surface area contributed by atoms with Crippen molar-refractivity contribution in [2.45, 2.75) is 115 Å². The van der Waals surface area contributed by atoms with Crippen LogP contribution in [0.15, 0.2) is 114 Å². The second-order valence-electron chi connectivity index (χ2n) is 22.8. The van der Waals surface area contributed by atoms with E-state index in [1.165, 1.54) is 12.1 Å². The number of methoxy groups -OCH3 is 1. The molecule has 4 aromatic carbocycles. The summed E-state index contributed by atoms with van der Waals surface area (Å²) in [5.41, 5.74) is 1.11. The Kier molecular flexibility index (Phi) is 23.2. The fourth-order valence-corrected chi connectivity index (χ4v) is 15.9. The number of hydroxylamine groups is 2. The third-order valence-corrected chi connectivity index (χ3v) is 21.4. The molecule has 2 unspecified atom stereocenters. The molecule has 5 N–H and O–H groups in total. The van der Waals surface area contributed by atoms with Crippen LogP contribution in [-0.4, -0.2) is 183 Å². The Labute approximate surface area is 544 Å². The molecule has 2 atom stereocenters. The fourth-order valence-electron chi connectivity index (χ4n) is 12.4. The van der Waals surface area contributed by atoms with E-state index in [4.69, 9.17) is 40.1 Å². The molecule has 93 heavy (non-hydrogen) atoms. The second-order valence-corrected chi connectivity index (χ2v) is 30.4. The van der Waals surface area contributed by atoms with Crippen LogP contribution in [0.25, 0.3) is 21.5 Å². The van der Waals surface area contributed by atoms with E-state index in [0.29, 0.717) is 113 Å². The molecule has 0 radical (unpaired) electrons. The van der Waals surface area contributed by atoms with E-state index in [0.717, 1.165) is 12.1 Å². The Bertz CT molecular complexity index is 4360. The first-order valence-corrected chi connectivity index (χ1v) is 37.2. The predicted molar refractivity (Wildman–Crippen MR) is 339 cm³/mol.